The molecule has 0 fully saturated rings. The molecular weight excluding hydrogens is 436 g/mol. The van der Waals surface area contributed by atoms with Gasteiger partial charge in [0.25, 0.3) is 5.56 Å². The number of aryl methyl sites for hydroxylation is 1. The number of nitrogens with zero attached hydrogens (tertiary/aromatic N) is 4. The molecule has 0 unspecified atom stereocenters. The number of aromatic nitrogens is 4. The summed E-state index contributed by atoms with van der Waals surface area (Å²) < 4.78 is 7.64. The van der Waals surface area contributed by atoms with Gasteiger partial charge in [-0.25, -0.2) is 14.8 Å². The third kappa shape index (κ3) is 4.30. The van der Waals surface area contributed by atoms with Crippen LogP contribution >= 0.6 is 23.1 Å². The fourth-order valence-corrected chi connectivity index (χ4v) is 4.43. The zero-order valence-electron chi connectivity index (χ0n) is 16.8. The number of ether oxygens (including phenoxy) is 1. The number of hydrogen-bond donors (Lipinski definition) is 0. The molecule has 0 amide bonds. The first-order valence-electron chi connectivity index (χ1n) is 9.29. The zero-order valence-corrected chi connectivity index (χ0v) is 18.4. The lowest BCUT2D eigenvalue weighted by atomic mass is 10.2. The molecule has 0 bridgehead atoms. The van der Waals surface area contributed by atoms with Gasteiger partial charge in [0, 0.05) is 14.1 Å². The highest BCUT2D eigenvalue weighted by molar-refractivity contribution is 8.00. The van der Waals surface area contributed by atoms with E-state index in [1.165, 1.54) is 23.0 Å². The first-order chi connectivity index (χ1) is 15.0. The molecule has 4 aromatic rings. The monoisotopic (exact) mass is 454 g/mol. The highest BCUT2D eigenvalue weighted by Gasteiger charge is 2.19. The van der Waals surface area contributed by atoms with E-state index in [-0.39, 0.29) is 23.4 Å². The molecule has 10 heteroatoms. The molecule has 1 aromatic carbocycles. The van der Waals surface area contributed by atoms with E-state index in [1.807, 2.05) is 47.8 Å². The fourth-order valence-electron chi connectivity index (χ4n) is 2.96. The lowest BCUT2D eigenvalue weighted by Crippen LogP contribution is -2.37. The van der Waals surface area contributed by atoms with Gasteiger partial charge in [-0.2, -0.15) is 0 Å². The van der Waals surface area contributed by atoms with Crippen LogP contribution in [-0.2, 0) is 30.2 Å². The van der Waals surface area contributed by atoms with Gasteiger partial charge in [-0.05, 0) is 17.0 Å². The molecular formula is C21H18N4O4S2. The normalized spacial score (nSPS) is 11.0. The third-order valence-corrected chi connectivity index (χ3v) is 6.39. The van der Waals surface area contributed by atoms with E-state index in [9.17, 15) is 14.4 Å². The van der Waals surface area contributed by atoms with Crippen molar-refractivity contribution in [3.05, 3.63) is 74.2 Å². The molecule has 0 aliphatic carbocycles. The molecule has 4 rings (SSSR count). The second-order valence-corrected chi connectivity index (χ2v) is 8.58. The SMILES string of the molecule is Cn1c(=O)c2c(SCC(=O)OCc3ccccc3)nc(-c3cccs3)nc2n(C)c1=O. The van der Waals surface area contributed by atoms with Crippen LogP contribution in [0.4, 0.5) is 0 Å². The molecule has 0 saturated heterocycles. The Morgan fingerprint density at radius 3 is 2.55 bits per heavy atom. The van der Waals surface area contributed by atoms with Crippen LogP contribution in [0, 0.1) is 0 Å². The van der Waals surface area contributed by atoms with Gasteiger partial charge in [0.05, 0.1) is 10.6 Å². The first-order valence-corrected chi connectivity index (χ1v) is 11.2. The van der Waals surface area contributed by atoms with Crippen LogP contribution in [0.2, 0.25) is 0 Å². The molecule has 0 atom stereocenters. The number of rotatable bonds is 6. The summed E-state index contributed by atoms with van der Waals surface area (Å²) >= 11 is 2.54. The first kappa shape index (κ1) is 21.0. The quantitative estimate of drug-likeness (QED) is 0.251. The minimum Gasteiger partial charge on any atom is -0.460 e. The van der Waals surface area contributed by atoms with Gasteiger partial charge in [0.2, 0.25) is 0 Å². The van der Waals surface area contributed by atoms with Crippen LogP contribution in [0.25, 0.3) is 21.7 Å². The van der Waals surface area contributed by atoms with Crippen LogP contribution in [-0.4, -0.2) is 30.8 Å². The summed E-state index contributed by atoms with van der Waals surface area (Å²) in [5.41, 5.74) is 0.131. The molecule has 0 spiro atoms. The molecule has 8 nitrogen and oxygen atoms in total. The van der Waals surface area contributed by atoms with Gasteiger partial charge in [-0.3, -0.25) is 18.7 Å². The number of thioether (sulfide) groups is 1. The van der Waals surface area contributed by atoms with E-state index in [2.05, 4.69) is 9.97 Å². The number of thiophene rings is 1. The van der Waals surface area contributed by atoms with E-state index in [4.69, 9.17) is 4.74 Å². The maximum absolute atomic E-state index is 12.8. The molecule has 0 radical (unpaired) electrons. The Morgan fingerprint density at radius 1 is 1.06 bits per heavy atom. The Morgan fingerprint density at radius 2 is 1.84 bits per heavy atom. The smallest absolute Gasteiger partial charge is 0.332 e. The van der Waals surface area contributed by atoms with Crippen molar-refractivity contribution in [3.8, 4) is 10.7 Å². The Labute approximate surface area is 185 Å². The predicted molar refractivity (Wildman–Crippen MR) is 120 cm³/mol. The summed E-state index contributed by atoms with van der Waals surface area (Å²) in [6.07, 6.45) is 0. The average Bonchev–Trinajstić information content (AvgIpc) is 3.33. The third-order valence-electron chi connectivity index (χ3n) is 4.58. The minimum absolute atomic E-state index is 0.0329. The van der Waals surface area contributed by atoms with E-state index in [0.717, 1.165) is 26.8 Å². The number of esters is 1. The summed E-state index contributed by atoms with van der Waals surface area (Å²) in [7, 11) is 2.96. The van der Waals surface area contributed by atoms with Crippen molar-refractivity contribution in [2.24, 2.45) is 14.1 Å². The maximum Gasteiger partial charge on any atom is 0.332 e. The number of hydrogen-bond acceptors (Lipinski definition) is 8. The molecule has 0 N–H and O–H groups in total. The van der Waals surface area contributed by atoms with Crippen molar-refractivity contribution in [2.75, 3.05) is 5.75 Å². The van der Waals surface area contributed by atoms with Crippen molar-refractivity contribution in [3.63, 3.8) is 0 Å². The molecule has 0 aliphatic rings. The van der Waals surface area contributed by atoms with Gasteiger partial charge >= 0.3 is 11.7 Å². The maximum atomic E-state index is 12.8. The van der Waals surface area contributed by atoms with E-state index in [1.54, 1.807) is 7.05 Å². The van der Waals surface area contributed by atoms with Crippen molar-refractivity contribution in [1.82, 2.24) is 19.1 Å². The number of carbonyl (C=O) groups excluding carboxylic acids is 1. The van der Waals surface area contributed by atoms with Crippen LogP contribution in [0.5, 0.6) is 0 Å². The van der Waals surface area contributed by atoms with Crippen LogP contribution in [0.3, 0.4) is 0 Å². The van der Waals surface area contributed by atoms with Crippen molar-refractivity contribution in [1.29, 1.82) is 0 Å². The summed E-state index contributed by atoms with van der Waals surface area (Å²) in [5, 5.41) is 2.42. The molecule has 0 saturated carbocycles. The van der Waals surface area contributed by atoms with Gasteiger partial charge < -0.3 is 4.74 Å². The predicted octanol–water partition coefficient (Wildman–Crippen LogP) is 2.59. The van der Waals surface area contributed by atoms with Crippen LogP contribution < -0.4 is 11.2 Å². The van der Waals surface area contributed by atoms with E-state index in [0.29, 0.717) is 10.9 Å². The highest BCUT2D eigenvalue weighted by Crippen LogP contribution is 2.28. The minimum atomic E-state index is -0.504. The Kier molecular flexibility index (Phi) is 6.01. The average molecular weight is 455 g/mol. The summed E-state index contributed by atoms with van der Waals surface area (Å²) in [6, 6.07) is 13.1. The lowest BCUT2D eigenvalue weighted by molar-refractivity contribution is -0.141. The second-order valence-electron chi connectivity index (χ2n) is 6.67. The number of carbonyl (C=O) groups is 1. The molecule has 0 aliphatic heterocycles. The largest absolute Gasteiger partial charge is 0.460 e. The van der Waals surface area contributed by atoms with E-state index < -0.39 is 17.2 Å². The lowest BCUT2D eigenvalue weighted by Gasteiger charge is -2.11. The van der Waals surface area contributed by atoms with Crippen molar-refractivity contribution in [2.45, 2.75) is 11.6 Å². The highest BCUT2D eigenvalue weighted by atomic mass is 32.2. The van der Waals surface area contributed by atoms with Gasteiger partial charge in [-0.1, -0.05) is 48.2 Å². The Hall–Kier alpha value is -3.24. The molecule has 31 heavy (non-hydrogen) atoms. The molecule has 3 heterocycles. The van der Waals surface area contributed by atoms with Gasteiger partial charge in [0.1, 0.15) is 17.0 Å². The topological polar surface area (TPSA) is 96.1 Å². The van der Waals surface area contributed by atoms with Crippen LogP contribution in [0.1, 0.15) is 5.56 Å². The van der Waals surface area contributed by atoms with Crippen molar-refractivity contribution >= 4 is 40.1 Å². The Balaban J connectivity index is 1.68. The number of benzene rings is 1. The van der Waals surface area contributed by atoms with Crippen molar-refractivity contribution < 1.29 is 9.53 Å². The molecule has 3 aromatic heterocycles. The number of fused-ring (bicyclic) bond motifs is 1. The fraction of sp³-hybridized carbons (Fsp3) is 0.190. The molecule has 158 valence electrons. The standard InChI is InChI=1S/C21H18N4O4S2/c1-24-18-16(20(27)25(2)21(24)28)19(23-17(22-18)14-9-6-10-30-14)31-12-15(26)29-11-13-7-4-3-5-8-13/h3-10H,11-12H2,1-2H3. The zero-order chi connectivity index (χ0) is 22.0. The van der Waals surface area contributed by atoms with Gasteiger partial charge in [-0.15, -0.1) is 11.3 Å². The van der Waals surface area contributed by atoms with E-state index >= 15 is 0 Å². The van der Waals surface area contributed by atoms with Gasteiger partial charge in [0.15, 0.2) is 11.5 Å². The second kappa shape index (κ2) is 8.86. The summed E-state index contributed by atoms with van der Waals surface area (Å²) in [6.45, 7) is 0.168. The Bertz CT molecular complexity index is 1360. The summed E-state index contributed by atoms with van der Waals surface area (Å²) in [5.74, 6) is -0.0692. The van der Waals surface area contributed by atoms with Crippen LogP contribution in [0.15, 0.2) is 62.5 Å². The summed E-state index contributed by atoms with van der Waals surface area (Å²) in [4.78, 5) is 47.3.